The summed E-state index contributed by atoms with van der Waals surface area (Å²) in [5, 5.41) is 0.641. The Morgan fingerprint density at radius 2 is 1.92 bits per heavy atom. The molecule has 2 atom stereocenters. The van der Waals surface area contributed by atoms with E-state index < -0.39 is 10.9 Å². The molecule has 134 valence electrons. The maximum absolute atomic E-state index is 12.7. The van der Waals surface area contributed by atoms with Crippen LogP contribution in [-0.4, -0.2) is 28.6 Å². The zero-order chi connectivity index (χ0) is 18.1. The van der Waals surface area contributed by atoms with Gasteiger partial charge in [0, 0.05) is 17.2 Å². The van der Waals surface area contributed by atoms with Gasteiger partial charge in [-0.05, 0) is 29.7 Å². The van der Waals surface area contributed by atoms with E-state index in [2.05, 4.69) is 0 Å². The van der Waals surface area contributed by atoms with E-state index in [1.54, 1.807) is 28.8 Å². The summed E-state index contributed by atoms with van der Waals surface area (Å²) in [4.78, 5) is 26.5. The Hall–Kier alpha value is -1.98. The average Bonchev–Trinajstić information content (AvgIpc) is 3.21. The second-order valence-corrected chi connectivity index (χ2v) is 8.21. The molecule has 2 fully saturated rings. The molecule has 6 heteroatoms. The molecule has 2 aromatic rings. The normalized spacial score (nSPS) is 24.6. The van der Waals surface area contributed by atoms with E-state index in [1.807, 2.05) is 42.5 Å². The molecule has 0 spiro atoms. The van der Waals surface area contributed by atoms with Gasteiger partial charge >= 0.3 is 5.97 Å². The molecule has 4 nitrogen and oxygen atoms in total. The average molecular weight is 388 g/mol. The van der Waals surface area contributed by atoms with Crippen molar-refractivity contribution in [2.75, 3.05) is 5.75 Å². The van der Waals surface area contributed by atoms with Crippen LogP contribution in [0.5, 0.6) is 0 Å². The topological polar surface area (TPSA) is 46.6 Å². The van der Waals surface area contributed by atoms with Crippen LogP contribution in [0.25, 0.3) is 0 Å². The van der Waals surface area contributed by atoms with Crippen LogP contribution in [0.1, 0.15) is 24.0 Å². The summed E-state index contributed by atoms with van der Waals surface area (Å²) in [6.07, 6.45) is 1.18. The van der Waals surface area contributed by atoms with E-state index >= 15 is 0 Å². The third-order valence-corrected chi connectivity index (χ3v) is 6.77. The van der Waals surface area contributed by atoms with Gasteiger partial charge in [-0.25, -0.2) is 4.79 Å². The predicted molar refractivity (Wildman–Crippen MR) is 102 cm³/mol. The minimum Gasteiger partial charge on any atom is -0.459 e. The van der Waals surface area contributed by atoms with Crippen molar-refractivity contribution in [3.8, 4) is 0 Å². The molecule has 4 rings (SSSR count). The molecule has 0 aromatic heterocycles. The minimum absolute atomic E-state index is 0.0206. The van der Waals surface area contributed by atoms with Crippen molar-refractivity contribution in [2.24, 2.45) is 0 Å². The highest BCUT2D eigenvalue weighted by Gasteiger charge is 2.57. The number of nitrogens with zero attached hydrogens (tertiary/aromatic N) is 1. The van der Waals surface area contributed by atoms with Gasteiger partial charge in [-0.1, -0.05) is 54.1 Å². The Morgan fingerprint density at radius 3 is 2.65 bits per heavy atom. The smallest absolute Gasteiger partial charge is 0.330 e. The van der Waals surface area contributed by atoms with E-state index in [1.165, 1.54) is 0 Å². The van der Waals surface area contributed by atoms with Crippen molar-refractivity contribution >= 4 is 35.2 Å². The summed E-state index contributed by atoms with van der Waals surface area (Å²) < 4.78 is 5.50. The van der Waals surface area contributed by atoms with Gasteiger partial charge in [0.1, 0.15) is 17.5 Å². The Bertz CT molecular complexity index is 827. The van der Waals surface area contributed by atoms with Gasteiger partial charge in [0.2, 0.25) is 5.91 Å². The monoisotopic (exact) mass is 387 g/mol. The zero-order valence-electron chi connectivity index (χ0n) is 14.1. The van der Waals surface area contributed by atoms with Crippen molar-refractivity contribution in [1.29, 1.82) is 0 Å². The summed E-state index contributed by atoms with van der Waals surface area (Å²) in [6, 6.07) is 16.6. The molecule has 0 saturated carbocycles. The predicted octanol–water partition coefficient (Wildman–Crippen LogP) is 3.97. The van der Waals surface area contributed by atoms with Crippen LogP contribution < -0.4 is 0 Å². The van der Waals surface area contributed by atoms with Crippen LogP contribution in [0.3, 0.4) is 0 Å². The van der Waals surface area contributed by atoms with E-state index in [4.69, 9.17) is 16.3 Å². The highest BCUT2D eigenvalue weighted by molar-refractivity contribution is 8.00. The number of hydrogen-bond acceptors (Lipinski definition) is 4. The molecule has 1 amide bonds. The fourth-order valence-corrected chi connectivity index (χ4v) is 5.41. The molecule has 26 heavy (non-hydrogen) atoms. The molecule has 2 aliphatic rings. The van der Waals surface area contributed by atoms with Crippen LogP contribution in [0.4, 0.5) is 0 Å². The molecule has 0 bridgehead atoms. The van der Waals surface area contributed by atoms with Gasteiger partial charge in [-0.2, -0.15) is 0 Å². The number of rotatable bonds is 4. The highest BCUT2D eigenvalue weighted by atomic mass is 35.5. The quantitative estimate of drug-likeness (QED) is 0.744. The number of fused-ring (bicyclic) bond motifs is 1. The van der Waals surface area contributed by atoms with Gasteiger partial charge < -0.3 is 9.64 Å². The fourth-order valence-electron chi connectivity index (χ4n) is 3.65. The van der Waals surface area contributed by atoms with Gasteiger partial charge in [0.25, 0.3) is 0 Å². The van der Waals surface area contributed by atoms with Crippen molar-refractivity contribution in [2.45, 2.75) is 30.4 Å². The van der Waals surface area contributed by atoms with Crippen LogP contribution in [0.2, 0.25) is 5.02 Å². The van der Waals surface area contributed by atoms with Gasteiger partial charge in [0.15, 0.2) is 0 Å². The van der Waals surface area contributed by atoms with Crippen LogP contribution >= 0.6 is 23.4 Å². The number of thioether (sulfide) groups is 1. The summed E-state index contributed by atoms with van der Waals surface area (Å²) in [5.74, 6) is 0.230. The first-order chi connectivity index (χ1) is 12.6. The Labute approximate surface area is 161 Å². The highest BCUT2D eigenvalue weighted by Crippen LogP contribution is 2.54. The lowest BCUT2D eigenvalue weighted by Crippen LogP contribution is -2.46. The number of carbonyl (C=O) groups excluding carboxylic acids is 2. The van der Waals surface area contributed by atoms with Crippen molar-refractivity contribution in [3.63, 3.8) is 0 Å². The largest absolute Gasteiger partial charge is 0.459 e. The molecule has 2 aromatic carbocycles. The van der Waals surface area contributed by atoms with E-state index in [-0.39, 0.29) is 18.5 Å². The van der Waals surface area contributed by atoms with Gasteiger partial charge in [0.05, 0.1) is 0 Å². The maximum Gasteiger partial charge on any atom is 0.330 e. The lowest BCUT2D eigenvalue weighted by atomic mass is 10.0. The fraction of sp³-hybridized carbons (Fsp3) is 0.300. The molecule has 0 aliphatic carbocycles. The maximum atomic E-state index is 12.7. The van der Waals surface area contributed by atoms with Gasteiger partial charge in [-0.3, -0.25) is 4.79 Å². The lowest BCUT2D eigenvalue weighted by molar-refractivity contribution is -0.155. The third kappa shape index (κ3) is 2.99. The number of amides is 1. The van der Waals surface area contributed by atoms with Crippen LogP contribution in [0, 0.1) is 0 Å². The standard InChI is InChI=1S/C20H18ClNO3S/c21-16-8-6-14(7-9-16)12-25-19(24)17-13-26-20(11-10-18(23)22(17)20)15-4-2-1-3-5-15/h1-9,17H,10-13H2/t17-,20+/m1/s1. The summed E-state index contributed by atoms with van der Waals surface area (Å²) in [5.41, 5.74) is 1.94. The number of benzene rings is 2. The minimum atomic E-state index is -0.539. The van der Waals surface area contributed by atoms with Crippen molar-refractivity contribution < 1.29 is 14.3 Å². The summed E-state index contributed by atoms with van der Waals surface area (Å²) >= 11 is 7.54. The molecule has 0 unspecified atom stereocenters. The molecule has 2 heterocycles. The number of hydrogen-bond donors (Lipinski definition) is 0. The Balaban J connectivity index is 1.51. The van der Waals surface area contributed by atoms with Crippen molar-refractivity contribution in [1.82, 2.24) is 4.90 Å². The van der Waals surface area contributed by atoms with Crippen LogP contribution in [0.15, 0.2) is 54.6 Å². The molecule has 2 aliphatic heterocycles. The number of esters is 1. The van der Waals surface area contributed by atoms with Gasteiger partial charge in [-0.15, -0.1) is 11.8 Å². The van der Waals surface area contributed by atoms with Crippen LogP contribution in [-0.2, 0) is 25.8 Å². The first-order valence-electron chi connectivity index (χ1n) is 8.53. The molecule has 0 N–H and O–H groups in total. The Kier molecular flexibility index (Phi) is 4.67. The zero-order valence-corrected chi connectivity index (χ0v) is 15.6. The number of halogens is 1. The summed E-state index contributed by atoms with van der Waals surface area (Å²) in [7, 11) is 0. The summed E-state index contributed by atoms with van der Waals surface area (Å²) in [6.45, 7) is 0.178. The first kappa shape index (κ1) is 17.4. The first-order valence-corrected chi connectivity index (χ1v) is 9.89. The molecular formula is C20H18ClNO3S. The number of carbonyl (C=O) groups is 2. The molecular weight excluding hydrogens is 370 g/mol. The number of ether oxygens (including phenoxy) is 1. The second-order valence-electron chi connectivity index (χ2n) is 6.48. The third-order valence-electron chi connectivity index (χ3n) is 4.92. The van der Waals surface area contributed by atoms with E-state index in [9.17, 15) is 9.59 Å². The molecule has 2 saturated heterocycles. The molecule has 0 radical (unpaired) electrons. The van der Waals surface area contributed by atoms with E-state index in [0.717, 1.165) is 17.5 Å². The lowest BCUT2D eigenvalue weighted by Gasteiger charge is -2.33. The van der Waals surface area contributed by atoms with E-state index in [0.29, 0.717) is 17.2 Å². The Morgan fingerprint density at radius 1 is 1.19 bits per heavy atom. The SMILES string of the molecule is O=C(OCc1ccc(Cl)cc1)[C@H]1CS[C@]2(c3ccccc3)CCC(=O)N12. The van der Waals surface area contributed by atoms with Crippen molar-refractivity contribution in [3.05, 3.63) is 70.7 Å². The second kappa shape index (κ2) is 6.97.